The van der Waals surface area contributed by atoms with Gasteiger partial charge in [-0.25, -0.2) is 0 Å². The number of benzene rings is 1. The van der Waals surface area contributed by atoms with Crippen molar-refractivity contribution in [1.82, 2.24) is 0 Å². The van der Waals surface area contributed by atoms with E-state index in [1.165, 1.54) is 0 Å². The van der Waals surface area contributed by atoms with Crippen LogP contribution < -0.4 is 16.0 Å². The van der Waals surface area contributed by atoms with Crippen molar-refractivity contribution in [3.8, 4) is 0 Å². The van der Waals surface area contributed by atoms with E-state index in [4.69, 9.17) is 5.73 Å². The molecule has 0 fully saturated rings. The van der Waals surface area contributed by atoms with Gasteiger partial charge in [0.2, 0.25) is 11.8 Å². The summed E-state index contributed by atoms with van der Waals surface area (Å²) in [5, 5.41) is 2.66. The van der Waals surface area contributed by atoms with Gasteiger partial charge in [-0.2, -0.15) is 0 Å². The number of anilines is 2. The zero-order valence-corrected chi connectivity index (χ0v) is 8.99. The fourth-order valence-electron chi connectivity index (χ4n) is 1.76. The normalized spacial score (nSPS) is 13.9. The van der Waals surface area contributed by atoms with Gasteiger partial charge in [0.05, 0.1) is 13.0 Å². The van der Waals surface area contributed by atoms with Gasteiger partial charge in [-0.1, -0.05) is 0 Å². The third-order valence-corrected chi connectivity index (χ3v) is 2.63. The summed E-state index contributed by atoms with van der Waals surface area (Å²) in [7, 11) is 1.74. The van der Waals surface area contributed by atoms with Crippen LogP contribution in [0.5, 0.6) is 0 Å². The maximum atomic E-state index is 11.4. The molecule has 0 unspecified atom stereocenters. The van der Waals surface area contributed by atoms with Crippen LogP contribution in [-0.2, 0) is 16.0 Å². The maximum absolute atomic E-state index is 11.4. The van der Waals surface area contributed by atoms with E-state index in [1.54, 1.807) is 18.0 Å². The summed E-state index contributed by atoms with van der Waals surface area (Å²) < 4.78 is 0. The molecular weight excluding hydrogens is 206 g/mol. The first-order valence-electron chi connectivity index (χ1n) is 5.01. The zero-order valence-electron chi connectivity index (χ0n) is 8.99. The fraction of sp³-hybridized carbons (Fsp3) is 0.273. The second-order valence-corrected chi connectivity index (χ2v) is 3.73. The molecule has 5 heteroatoms. The smallest absolute Gasteiger partial charge is 0.238 e. The zero-order chi connectivity index (χ0) is 11.7. The first kappa shape index (κ1) is 10.6. The van der Waals surface area contributed by atoms with Crippen LogP contribution in [0.15, 0.2) is 18.2 Å². The monoisotopic (exact) mass is 219 g/mol. The van der Waals surface area contributed by atoms with E-state index >= 15 is 0 Å². The number of nitrogens with two attached hydrogens (primary N) is 1. The molecule has 1 aromatic carbocycles. The molecule has 0 spiro atoms. The molecule has 0 aromatic heterocycles. The number of amides is 2. The van der Waals surface area contributed by atoms with E-state index in [0.717, 1.165) is 11.3 Å². The number of nitrogens with zero attached hydrogens (tertiary/aromatic N) is 1. The molecule has 1 aliphatic heterocycles. The Morgan fingerprint density at radius 3 is 3.00 bits per heavy atom. The summed E-state index contributed by atoms with van der Waals surface area (Å²) >= 11 is 0. The highest BCUT2D eigenvalue weighted by atomic mass is 16.2. The molecule has 0 bridgehead atoms. The van der Waals surface area contributed by atoms with Crippen LogP contribution in [0, 0.1) is 0 Å². The van der Waals surface area contributed by atoms with Crippen molar-refractivity contribution in [2.24, 2.45) is 5.73 Å². The third-order valence-electron chi connectivity index (χ3n) is 2.63. The van der Waals surface area contributed by atoms with Crippen LogP contribution in [0.1, 0.15) is 5.56 Å². The largest absolute Gasteiger partial charge is 0.325 e. The van der Waals surface area contributed by atoms with Crippen molar-refractivity contribution >= 4 is 23.2 Å². The summed E-state index contributed by atoms with van der Waals surface area (Å²) in [6.07, 6.45) is 0.387. The molecule has 0 saturated carbocycles. The van der Waals surface area contributed by atoms with Crippen LogP contribution in [0.3, 0.4) is 0 Å². The molecule has 3 N–H and O–H groups in total. The van der Waals surface area contributed by atoms with Crippen molar-refractivity contribution in [2.75, 3.05) is 23.8 Å². The lowest BCUT2D eigenvalue weighted by atomic mass is 10.1. The second-order valence-electron chi connectivity index (χ2n) is 3.73. The lowest BCUT2D eigenvalue weighted by molar-refractivity contribution is -0.117. The van der Waals surface area contributed by atoms with Gasteiger partial charge in [-0.3, -0.25) is 9.59 Å². The van der Waals surface area contributed by atoms with Crippen LogP contribution in [-0.4, -0.2) is 25.4 Å². The van der Waals surface area contributed by atoms with E-state index in [9.17, 15) is 9.59 Å². The first-order valence-corrected chi connectivity index (χ1v) is 5.01. The van der Waals surface area contributed by atoms with Crippen molar-refractivity contribution in [3.63, 3.8) is 0 Å². The number of hydrogen-bond donors (Lipinski definition) is 2. The Bertz CT molecular complexity index is 457. The van der Waals surface area contributed by atoms with E-state index in [2.05, 4.69) is 5.32 Å². The molecule has 0 saturated heterocycles. The van der Waals surface area contributed by atoms with Gasteiger partial charge in [0.1, 0.15) is 0 Å². The summed E-state index contributed by atoms with van der Waals surface area (Å²) in [4.78, 5) is 24.2. The van der Waals surface area contributed by atoms with Crippen molar-refractivity contribution < 1.29 is 9.59 Å². The number of fused-ring (bicyclic) bond motifs is 1. The molecule has 1 aliphatic rings. The fourth-order valence-corrected chi connectivity index (χ4v) is 1.76. The van der Waals surface area contributed by atoms with Crippen LogP contribution in [0.2, 0.25) is 0 Å². The van der Waals surface area contributed by atoms with Gasteiger partial charge >= 0.3 is 0 Å². The molecule has 0 atom stereocenters. The lowest BCUT2D eigenvalue weighted by Gasteiger charge is -2.10. The van der Waals surface area contributed by atoms with E-state index < -0.39 is 0 Å². The van der Waals surface area contributed by atoms with Crippen LogP contribution in [0.4, 0.5) is 11.4 Å². The van der Waals surface area contributed by atoms with Crippen molar-refractivity contribution in [3.05, 3.63) is 23.8 Å². The Balaban J connectivity index is 2.25. The molecule has 2 rings (SSSR count). The Kier molecular flexibility index (Phi) is 2.62. The average Bonchev–Trinajstić information content (AvgIpc) is 2.54. The molecule has 1 aromatic rings. The molecule has 16 heavy (non-hydrogen) atoms. The van der Waals surface area contributed by atoms with E-state index in [0.29, 0.717) is 12.1 Å². The minimum absolute atomic E-state index is 0.0457. The molecule has 5 nitrogen and oxygen atoms in total. The summed E-state index contributed by atoms with van der Waals surface area (Å²) in [5.41, 5.74) is 7.71. The Morgan fingerprint density at radius 1 is 1.56 bits per heavy atom. The number of rotatable bonds is 2. The van der Waals surface area contributed by atoms with Crippen LogP contribution >= 0.6 is 0 Å². The lowest BCUT2D eigenvalue weighted by Crippen LogP contribution is -2.21. The molecule has 0 aliphatic carbocycles. The summed E-state index contributed by atoms with van der Waals surface area (Å²) in [6, 6.07) is 5.40. The highest BCUT2D eigenvalue weighted by Gasteiger charge is 2.23. The second kappa shape index (κ2) is 3.94. The van der Waals surface area contributed by atoms with Gasteiger partial charge < -0.3 is 16.0 Å². The third kappa shape index (κ3) is 1.77. The molecular formula is C11H13N3O2. The quantitative estimate of drug-likeness (QED) is 0.741. The van der Waals surface area contributed by atoms with E-state index in [1.807, 2.05) is 12.1 Å². The summed E-state index contributed by atoms with van der Waals surface area (Å²) in [6.45, 7) is -0.0457. The summed E-state index contributed by atoms with van der Waals surface area (Å²) in [5.74, 6) is -0.171. The standard InChI is InChI=1S/C11H13N3O2/c1-14-9-3-2-8(13-10(15)6-12)4-7(9)5-11(14)16/h2-4H,5-6,12H2,1H3,(H,13,15). The van der Waals surface area contributed by atoms with Gasteiger partial charge in [0, 0.05) is 18.4 Å². The number of carbonyl (C=O) groups excluding carboxylic acids is 2. The number of nitrogens with one attached hydrogen (secondary N) is 1. The highest BCUT2D eigenvalue weighted by Crippen LogP contribution is 2.29. The highest BCUT2D eigenvalue weighted by molar-refractivity contribution is 6.02. The molecule has 0 radical (unpaired) electrons. The molecule has 2 amide bonds. The predicted molar refractivity (Wildman–Crippen MR) is 61.2 cm³/mol. The number of hydrogen-bond acceptors (Lipinski definition) is 3. The SMILES string of the molecule is CN1C(=O)Cc2cc(NC(=O)CN)ccc21. The van der Waals surface area contributed by atoms with Gasteiger partial charge in [0.15, 0.2) is 0 Å². The van der Waals surface area contributed by atoms with Gasteiger partial charge in [-0.05, 0) is 23.8 Å². The molecule has 1 heterocycles. The van der Waals surface area contributed by atoms with E-state index in [-0.39, 0.29) is 18.4 Å². The van der Waals surface area contributed by atoms with Crippen LogP contribution in [0.25, 0.3) is 0 Å². The van der Waals surface area contributed by atoms with Gasteiger partial charge in [-0.15, -0.1) is 0 Å². The predicted octanol–water partition coefficient (Wildman–Crippen LogP) is 0.103. The number of carbonyl (C=O) groups is 2. The van der Waals surface area contributed by atoms with Gasteiger partial charge in [0.25, 0.3) is 0 Å². The number of likely N-dealkylation sites (N-methyl/N-ethyl adjacent to an activating group) is 1. The first-order chi connectivity index (χ1) is 7.61. The topological polar surface area (TPSA) is 75.4 Å². The maximum Gasteiger partial charge on any atom is 0.238 e. The minimum Gasteiger partial charge on any atom is -0.325 e. The average molecular weight is 219 g/mol. The Hall–Kier alpha value is -1.88. The molecule has 84 valence electrons. The van der Waals surface area contributed by atoms with Crippen molar-refractivity contribution in [2.45, 2.75) is 6.42 Å². The Morgan fingerprint density at radius 2 is 2.31 bits per heavy atom. The minimum atomic E-state index is -0.238. The van der Waals surface area contributed by atoms with Crippen molar-refractivity contribution in [1.29, 1.82) is 0 Å². The Labute approximate surface area is 93.2 Å².